The van der Waals surface area contributed by atoms with Crippen molar-refractivity contribution in [2.24, 2.45) is 0 Å². The Morgan fingerprint density at radius 2 is 1.76 bits per heavy atom. The molecule has 0 aromatic heterocycles. The summed E-state index contributed by atoms with van der Waals surface area (Å²) in [5.74, 6) is -1.15. The average Bonchev–Trinajstić information content (AvgIpc) is 3.07. The highest BCUT2D eigenvalue weighted by molar-refractivity contribution is 6.53. The molecule has 1 aliphatic heterocycles. The highest BCUT2D eigenvalue weighted by Gasteiger charge is 2.39. The maximum Gasteiger partial charge on any atom is 0.283 e. The summed E-state index contributed by atoms with van der Waals surface area (Å²) in [6.07, 6.45) is 6.41. The quantitative estimate of drug-likeness (QED) is 0.603. The number of amides is 3. The van der Waals surface area contributed by atoms with Crippen molar-refractivity contribution in [3.63, 3.8) is 0 Å². The molecule has 4 rings (SSSR count). The molecule has 0 bridgehead atoms. The molecule has 2 aromatic rings. The molecular formula is C26H28ClN3O3. The molecule has 0 unspecified atom stereocenters. The number of hydrogen-bond acceptors (Lipinski definition) is 4. The molecule has 0 radical (unpaired) electrons. The Morgan fingerprint density at radius 1 is 1.06 bits per heavy atom. The van der Waals surface area contributed by atoms with Crippen molar-refractivity contribution in [2.75, 3.05) is 17.3 Å². The van der Waals surface area contributed by atoms with Gasteiger partial charge in [0.05, 0.1) is 5.69 Å². The van der Waals surface area contributed by atoms with E-state index in [2.05, 4.69) is 5.32 Å². The molecule has 0 saturated heterocycles. The van der Waals surface area contributed by atoms with Gasteiger partial charge in [-0.15, -0.1) is 0 Å². The lowest BCUT2D eigenvalue weighted by atomic mass is 9.94. The third kappa shape index (κ3) is 4.67. The van der Waals surface area contributed by atoms with Gasteiger partial charge in [0.25, 0.3) is 17.7 Å². The average molecular weight is 466 g/mol. The van der Waals surface area contributed by atoms with Crippen LogP contribution in [0.15, 0.2) is 59.3 Å². The van der Waals surface area contributed by atoms with Gasteiger partial charge in [-0.3, -0.25) is 14.4 Å². The standard InChI is InChI=1S/C26H28ClN3O3/c1-3-17-12-14-21(15-13-17)30-25(32)22(27)23(26(30)33)28-19-9-7-8-18(16-19)24(31)29(2)20-10-5-4-6-11-20/h7-9,12-16,20,28H,3-6,10-11H2,1-2H3. The largest absolute Gasteiger partial charge is 0.350 e. The zero-order valence-electron chi connectivity index (χ0n) is 18.9. The number of carbonyl (C=O) groups excluding carboxylic acids is 3. The van der Waals surface area contributed by atoms with E-state index in [0.29, 0.717) is 16.9 Å². The first-order valence-electron chi connectivity index (χ1n) is 11.4. The predicted molar refractivity (Wildman–Crippen MR) is 130 cm³/mol. The Labute approximate surface area is 199 Å². The van der Waals surface area contributed by atoms with Gasteiger partial charge in [0.1, 0.15) is 10.7 Å². The van der Waals surface area contributed by atoms with Crippen LogP contribution in [0.5, 0.6) is 0 Å². The van der Waals surface area contributed by atoms with Gasteiger partial charge in [0, 0.05) is 24.3 Å². The molecule has 1 N–H and O–H groups in total. The predicted octanol–water partition coefficient (Wildman–Crippen LogP) is 5.09. The monoisotopic (exact) mass is 465 g/mol. The second-order valence-electron chi connectivity index (χ2n) is 8.57. The first-order chi connectivity index (χ1) is 15.9. The number of nitrogens with one attached hydrogen (secondary N) is 1. The van der Waals surface area contributed by atoms with Gasteiger partial charge in [-0.25, -0.2) is 4.90 Å². The number of anilines is 2. The van der Waals surface area contributed by atoms with Crippen LogP contribution in [0.3, 0.4) is 0 Å². The van der Waals surface area contributed by atoms with Crippen molar-refractivity contribution in [1.82, 2.24) is 4.90 Å². The minimum absolute atomic E-state index is 0.00599. The summed E-state index contributed by atoms with van der Waals surface area (Å²) in [5.41, 5.74) is 2.63. The van der Waals surface area contributed by atoms with Gasteiger partial charge in [-0.05, 0) is 55.2 Å². The third-order valence-corrected chi connectivity index (χ3v) is 6.80. The van der Waals surface area contributed by atoms with Crippen LogP contribution in [0.1, 0.15) is 54.9 Å². The molecule has 1 fully saturated rings. The highest BCUT2D eigenvalue weighted by atomic mass is 35.5. The number of halogens is 1. The van der Waals surface area contributed by atoms with Crippen molar-refractivity contribution in [3.05, 3.63) is 70.4 Å². The van der Waals surface area contributed by atoms with Gasteiger partial charge >= 0.3 is 0 Å². The lowest BCUT2D eigenvalue weighted by Gasteiger charge is -2.31. The Balaban J connectivity index is 1.52. The molecule has 7 heteroatoms. The summed E-state index contributed by atoms with van der Waals surface area (Å²) in [4.78, 5) is 41.7. The minimum Gasteiger partial charge on any atom is -0.350 e. The van der Waals surface area contributed by atoms with Crippen LogP contribution < -0.4 is 10.2 Å². The lowest BCUT2D eigenvalue weighted by molar-refractivity contribution is -0.120. The number of benzene rings is 2. The fourth-order valence-electron chi connectivity index (χ4n) is 4.44. The fraction of sp³-hybridized carbons (Fsp3) is 0.346. The second-order valence-corrected chi connectivity index (χ2v) is 8.95. The van der Waals surface area contributed by atoms with Crippen LogP contribution >= 0.6 is 11.6 Å². The normalized spacial score (nSPS) is 17.0. The lowest BCUT2D eigenvalue weighted by Crippen LogP contribution is -2.38. The number of nitrogens with zero attached hydrogens (tertiary/aromatic N) is 2. The molecule has 172 valence electrons. The number of rotatable bonds is 6. The van der Waals surface area contributed by atoms with Gasteiger partial charge < -0.3 is 10.2 Å². The van der Waals surface area contributed by atoms with E-state index in [9.17, 15) is 14.4 Å². The maximum atomic E-state index is 13.0. The minimum atomic E-state index is -0.572. The molecule has 0 atom stereocenters. The first kappa shape index (κ1) is 23.1. The van der Waals surface area contributed by atoms with Gasteiger partial charge in [0.15, 0.2) is 0 Å². The molecule has 1 heterocycles. The molecule has 2 aromatic carbocycles. The summed E-state index contributed by atoms with van der Waals surface area (Å²) < 4.78 is 0. The number of carbonyl (C=O) groups is 3. The van der Waals surface area contributed by atoms with Crippen LogP contribution in [-0.4, -0.2) is 35.7 Å². The van der Waals surface area contributed by atoms with Crippen LogP contribution in [0, 0.1) is 0 Å². The summed E-state index contributed by atoms with van der Waals surface area (Å²) in [5, 5.41) is 2.80. The van der Waals surface area contributed by atoms with Crippen LogP contribution in [0.2, 0.25) is 0 Å². The van der Waals surface area contributed by atoms with E-state index in [0.717, 1.165) is 42.6 Å². The second kappa shape index (κ2) is 9.79. The topological polar surface area (TPSA) is 69.7 Å². The molecule has 3 amide bonds. The summed E-state index contributed by atoms with van der Waals surface area (Å²) in [7, 11) is 1.85. The van der Waals surface area contributed by atoms with Gasteiger partial charge in [-0.1, -0.05) is 56.0 Å². The first-order valence-corrected chi connectivity index (χ1v) is 11.8. The Morgan fingerprint density at radius 3 is 2.42 bits per heavy atom. The Kier molecular flexibility index (Phi) is 6.84. The van der Waals surface area contributed by atoms with Crippen molar-refractivity contribution in [2.45, 2.75) is 51.5 Å². The Hall–Kier alpha value is -3.12. The summed E-state index contributed by atoms with van der Waals surface area (Å²) in [6.45, 7) is 2.04. The van der Waals surface area contributed by atoms with Crippen molar-refractivity contribution >= 4 is 40.7 Å². The molecule has 6 nitrogen and oxygen atoms in total. The summed E-state index contributed by atoms with van der Waals surface area (Å²) >= 11 is 6.26. The van der Waals surface area contributed by atoms with E-state index in [-0.39, 0.29) is 22.7 Å². The van der Waals surface area contributed by atoms with Crippen LogP contribution in [0.25, 0.3) is 0 Å². The molecule has 1 aliphatic carbocycles. The maximum absolute atomic E-state index is 13.0. The molecule has 0 spiro atoms. The summed E-state index contributed by atoms with van der Waals surface area (Å²) in [6, 6.07) is 14.4. The third-order valence-electron chi connectivity index (χ3n) is 6.45. The van der Waals surface area contributed by atoms with E-state index in [4.69, 9.17) is 11.6 Å². The smallest absolute Gasteiger partial charge is 0.283 e. The molecule has 33 heavy (non-hydrogen) atoms. The van der Waals surface area contributed by atoms with E-state index in [1.807, 2.05) is 31.0 Å². The van der Waals surface area contributed by atoms with E-state index in [1.54, 1.807) is 36.4 Å². The van der Waals surface area contributed by atoms with E-state index < -0.39 is 11.8 Å². The zero-order chi connectivity index (χ0) is 23.5. The number of imide groups is 1. The molecule has 1 saturated carbocycles. The van der Waals surface area contributed by atoms with E-state index in [1.165, 1.54) is 6.42 Å². The van der Waals surface area contributed by atoms with Crippen LogP contribution in [-0.2, 0) is 16.0 Å². The zero-order valence-corrected chi connectivity index (χ0v) is 19.7. The molecular weight excluding hydrogens is 438 g/mol. The van der Waals surface area contributed by atoms with Crippen molar-refractivity contribution < 1.29 is 14.4 Å². The van der Waals surface area contributed by atoms with Crippen molar-refractivity contribution in [3.8, 4) is 0 Å². The van der Waals surface area contributed by atoms with Crippen LogP contribution in [0.4, 0.5) is 11.4 Å². The highest BCUT2D eigenvalue weighted by Crippen LogP contribution is 2.31. The number of hydrogen-bond donors (Lipinski definition) is 1. The van der Waals surface area contributed by atoms with E-state index >= 15 is 0 Å². The Bertz CT molecular complexity index is 1100. The molecule has 2 aliphatic rings. The van der Waals surface area contributed by atoms with Crippen molar-refractivity contribution in [1.29, 1.82) is 0 Å². The van der Waals surface area contributed by atoms with Gasteiger partial charge in [0.2, 0.25) is 0 Å². The SMILES string of the molecule is CCc1ccc(N2C(=O)C(Cl)=C(Nc3cccc(C(=O)N(C)C4CCCCC4)c3)C2=O)cc1. The number of aryl methyl sites for hydroxylation is 1. The van der Waals surface area contributed by atoms with Gasteiger partial charge in [-0.2, -0.15) is 0 Å². The fourth-order valence-corrected chi connectivity index (χ4v) is 4.65.